The summed E-state index contributed by atoms with van der Waals surface area (Å²) in [5, 5.41) is 12.4. The molecular formula is C15H20BrNO3. The highest BCUT2D eigenvalue weighted by Crippen LogP contribution is 2.32. The van der Waals surface area contributed by atoms with E-state index in [0.29, 0.717) is 19.5 Å². The second kappa shape index (κ2) is 6.14. The first-order chi connectivity index (χ1) is 9.40. The fourth-order valence-corrected chi connectivity index (χ4v) is 2.76. The lowest BCUT2D eigenvalue weighted by Crippen LogP contribution is -2.28. The SMILES string of the molecule is CC(C)(CCNCc1cc(Br)cc2c1OCC2)C(=O)O. The summed E-state index contributed by atoms with van der Waals surface area (Å²) in [4.78, 5) is 11.0. The lowest BCUT2D eigenvalue weighted by atomic mass is 9.90. The lowest BCUT2D eigenvalue weighted by molar-refractivity contribution is -0.147. The van der Waals surface area contributed by atoms with Gasteiger partial charge in [0.25, 0.3) is 0 Å². The number of fused-ring (bicyclic) bond motifs is 1. The van der Waals surface area contributed by atoms with Crippen LogP contribution in [0.15, 0.2) is 16.6 Å². The Morgan fingerprint density at radius 2 is 2.25 bits per heavy atom. The topological polar surface area (TPSA) is 58.6 Å². The molecule has 5 heteroatoms. The Bertz CT molecular complexity index is 514. The van der Waals surface area contributed by atoms with E-state index in [9.17, 15) is 4.79 Å². The maximum Gasteiger partial charge on any atom is 0.309 e. The molecule has 0 aliphatic carbocycles. The molecule has 0 atom stereocenters. The highest BCUT2D eigenvalue weighted by Gasteiger charge is 2.26. The van der Waals surface area contributed by atoms with Gasteiger partial charge < -0.3 is 15.2 Å². The average molecular weight is 342 g/mol. The summed E-state index contributed by atoms with van der Waals surface area (Å²) < 4.78 is 6.73. The Balaban J connectivity index is 1.91. The van der Waals surface area contributed by atoms with Crippen molar-refractivity contribution < 1.29 is 14.6 Å². The van der Waals surface area contributed by atoms with E-state index >= 15 is 0 Å². The molecule has 0 aromatic heterocycles. The van der Waals surface area contributed by atoms with Gasteiger partial charge in [-0.15, -0.1) is 0 Å². The molecule has 1 aliphatic rings. The molecule has 1 heterocycles. The summed E-state index contributed by atoms with van der Waals surface area (Å²) in [6.45, 7) is 5.59. The van der Waals surface area contributed by atoms with Gasteiger partial charge in [-0.25, -0.2) is 0 Å². The van der Waals surface area contributed by atoms with Gasteiger partial charge in [-0.3, -0.25) is 4.79 Å². The maximum atomic E-state index is 11.0. The Kier molecular flexibility index (Phi) is 4.70. The number of nitrogens with one attached hydrogen (secondary N) is 1. The molecule has 0 saturated heterocycles. The van der Waals surface area contributed by atoms with Gasteiger partial charge in [0.1, 0.15) is 5.75 Å². The molecule has 1 aliphatic heterocycles. The first kappa shape index (κ1) is 15.3. The second-order valence-corrected chi connectivity index (χ2v) is 6.68. The Morgan fingerprint density at radius 3 is 2.95 bits per heavy atom. The highest BCUT2D eigenvalue weighted by molar-refractivity contribution is 9.10. The van der Waals surface area contributed by atoms with Gasteiger partial charge >= 0.3 is 5.97 Å². The second-order valence-electron chi connectivity index (χ2n) is 5.77. The van der Waals surface area contributed by atoms with Gasteiger partial charge in [-0.2, -0.15) is 0 Å². The van der Waals surface area contributed by atoms with Crippen molar-refractivity contribution in [1.29, 1.82) is 0 Å². The van der Waals surface area contributed by atoms with E-state index < -0.39 is 11.4 Å². The number of rotatable bonds is 6. The van der Waals surface area contributed by atoms with Gasteiger partial charge in [0.05, 0.1) is 12.0 Å². The van der Waals surface area contributed by atoms with Gasteiger partial charge in [0.15, 0.2) is 0 Å². The van der Waals surface area contributed by atoms with E-state index in [1.54, 1.807) is 13.8 Å². The first-order valence-electron chi connectivity index (χ1n) is 6.78. The third kappa shape index (κ3) is 3.52. The van der Waals surface area contributed by atoms with Crippen LogP contribution in [0, 0.1) is 5.41 Å². The van der Waals surface area contributed by atoms with Crippen LogP contribution in [-0.4, -0.2) is 24.2 Å². The van der Waals surface area contributed by atoms with Crippen LogP contribution >= 0.6 is 15.9 Å². The van der Waals surface area contributed by atoms with Crippen LogP contribution in [0.25, 0.3) is 0 Å². The fourth-order valence-electron chi connectivity index (χ4n) is 2.21. The van der Waals surface area contributed by atoms with Crippen LogP contribution in [0.2, 0.25) is 0 Å². The number of carboxylic acid groups (broad SMARTS) is 1. The largest absolute Gasteiger partial charge is 0.493 e. The van der Waals surface area contributed by atoms with Crippen LogP contribution < -0.4 is 10.1 Å². The van der Waals surface area contributed by atoms with Crippen LogP contribution in [0.1, 0.15) is 31.4 Å². The summed E-state index contributed by atoms with van der Waals surface area (Å²) in [5.74, 6) is 0.226. The Hall–Kier alpha value is -1.07. The summed E-state index contributed by atoms with van der Waals surface area (Å²) in [6, 6.07) is 4.15. The first-order valence-corrected chi connectivity index (χ1v) is 7.57. The molecule has 0 amide bonds. The molecule has 0 spiro atoms. The fraction of sp³-hybridized carbons (Fsp3) is 0.533. The summed E-state index contributed by atoms with van der Waals surface area (Å²) in [7, 11) is 0. The van der Waals surface area contributed by atoms with Gasteiger partial charge in [-0.1, -0.05) is 15.9 Å². The number of benzene rings is 1. The molecule has 0 bridgehead atoms. The van der Waals surface area contributed by atoms with Crippen molar-refractivity contribution in [2.24, 2.45) is 5.41 Å². The minimum Gasteiger partial charge on any atom is -0.493 e. The van der Waals surface area contributed by atoms with Crippen molar-refractivity contribution in [2.45, 2.75) is 33.2 Å². The predicted molar refractivity (Wildman–Crippen MR) is 81.1 cm³/mol. The molecule has 2 rings (SSSR count). The number of hydrogen-bond donors (Lipinski definition) is 2. The zero-order valence-electron chi connectivity index (χ0n) is 11.8. The van der Waals surface area contributed by atoms with E-state index in [-0.39, 0.29) is 0 Å². The number of carbonyl (C=O) groups is 1. The summed E-state index contributed by atoms with van der Waals surface area (Å²) in [5.41, 5.74) is 1.67. The summed E-state index contributed by atoms with van der Waals surface area (Å²) >= 11 is 3.51. The normalized spacial score (nSPS) is 13.9. The molecule has 1 aromatic carbocycles. The molecule has 110 valence electrons. The van der Waals surface area contributed by atoms with Crippen molar-refractivity contribution in [3.8, 4) is 5.75 Å². The standard InChI is InChI=1S/C15H20BrNO3/c1-15(2,14(18)19)4-5-17-9-11-8-12(16)7-10-3-6-20-13(10)11/h7-8,17H,3-6,9H2,1-2H3,(H,18,19). The maximum absolute atomic E-state index is 11.0. The molecule has 0 fully saturated rings. The zero-order valence-corrected chi connectivity index (χ0v) is 13.4. The molecule has 0 unspecified atom stereocenters. The number of halogens is 1. The molecular weight excluding hydrogens is 322 g/mol. The van der Waals surface area contributed by atoms with E-state index in [0.717, 1.165) is 28.8 Å². The smallest absolute Gasteiger partial charge is 0.309 e. The molecule has 1 aromatic rings. The van der Waals surface area contributed by atoms with Crippen molar-refractivity contribution in [2.75, 3.05) is 13.2 Å². The van der Waals surface area contributed by atoms with Crippen LogP contribution in [0.5, 0.6) is 5.75 Å². The number of hydrogen-bond acceptors (Lipinski definition) is 3. The van der Waals surface area contributed by atoms with Crippen molar-refractivity contribution in [1.82, 2.24) is 5.32 Å². The van der Waals surface area contributed by atoms with Crippen LogP contribution in [0.3, 0.4) is 0 Å². The van der Waals surface area contributed by atoms with E-state index in [2.05, 4.69) is 33.4 Å². The quantitative estimate of drug-likeness (QED) is 0.781. The van der Waals surface area contributed by atoms with Gasteiger partial charge in [0, 0.05) is 23.0 Å². The van der Waals surface area contributed by atoms with Crippen LogP contribution in [-0.2, 0) is 17.8 Å². The lowest BCUT2D eigenvalue weighted by Gasteiger charge is -2.19. The third-order valence-corrected chi connectivity index (χ3v) is 4.10. The molecule has 20 heavy (non-hydrogen) atoms. The van der Waals surface area contributed by atoms with E-state index in [4.69, 9.17) is 9.84 Å². The predicted octanol–water partition coefficient (Wildman–Crippen LogP) is 2.97. The van der Waals surface area contributed by atoms with Crippen LogP contribution in [0.4, 0.5) is 0 Å². The molecule has 4 nitrogen and oxygen atoms in total. The summed E-state index contributed by atoms with van der Waals surface area (Å²) in [6.07, 6.45) is 1.55. The highest BCUT2D eigenvalue weighted by atomic mass is 79.9. The number of ether oxygens (including phenoxy) is 1. The monoisotopic (exact) mass is 341 g/mol. The van der Waals surface area contributed by atoms with Gasteiger partial charge in [-0.05, 0) is 44.5 Å². The minimum absolute atomic E-state index is 0.597. The Labute approximate surface area is 127 Å². The van der Waals surface area contributed by atoms with E-state index in [1.165, 1.54) is 5.56 Å². The van der Waals surface area contributed by atoms with Crippen molar-refractivity contribution >= 4 is 21.9 Å². The Morgan fingerprint density at radius 1 is 1.50 bits per heavy atom. The minimum atomic E-state index is -0.758. The number of aliphatic carboxylic acids is 1. The zero-order chi connectivity index (χ0) is 14.8. The van der Waals surface area contributed by atoms with Crippen molar-refractivity contribution in [3.63, 3.8) is 0 Å². The van der Waals surface area contributed by atoms with Gasteiger partial charge in [0.2, 0.25) is 0 Å². The average Bonchev–Trinajstić information content (AvgIpc) is 2.82. The molecule has 0 saturated carbocycles. The molecule has 0 radical (unpaired) electrons. The number of carboxylic acids is 1. The van der Waals surface area contributed by atoms with E-state index in [1.807, 2.05) is 0 Å². The van der Waals surface area contributed by atoms with Crippen molar-refractivity contribution in [3.05, 3.63) is 27.7 Å². The molecule has 2 N–H and O–H groups in total. The third-order valence-electron chi connectivity index (χ3n) is 3.65.